The van der Waals surface area contributed by atoms with Crippen LogP contribution in [0.25, 0.3) is 0 Å². The number of hydrogen-bond donors (Lipinski definition) is 1. The number of halogens is 4. The van der Waals surface area contributed by atoms with E-state index in [1.165, 1.54) is 0 Å². The molecule has 0 spiro atoms. The van der Waals surface area contributed by atoms with Crippen molar-refractivity contribution in [2.24, 2.45) is 0 Å². The summed E-state index contributed by atoms with van der Waals surface area (Å²) in [5.74, 6) is 0.143. The quantitative estimate of drug-likeness (QED) is 0.413. The first-order valence-electron chi connectivity index (χ1n) is 12.4. The van der Waals surface area contributed by atoms with Gasteiger partial charge >= 0.3 is 6.03 Å². The third-order valence-electron chi connectivity index (χ3n) is 7.18. The van der Waals surface area contributed by atoms with Crippen molar-refractivity contribution in [3.63, 3.8) is 0 Å². The van der Waals surface area contributed by atoms with Gasteiger partial charge in [-0.1, -0.05) is 47.5 Å². The van der Waals surface area contributed by atoms with Crippen molar-refractivity contribution in [2.45, 2.75) is 37.6 Å². The Hall–Kier alpha value is -1.70. The maximum atomic E-state index is 13.0. The lowest BCUT2D eigenvalue weighted by Gasteiger charge is -2.40. The van der Waals surface area contributed by atoms with E-state index in [0.29, 0.717) is 28.2 Å². The van der Waals surface area contributed by atoms with E-state index in [0.717, 1.165) is 64.0 Å². The largest absolute Gasteiger partial charge is 0.341 e. The Balaban J connectivity index is 0.00000241. The monoisotopic (exact) mass is 588 g/mol. The second kappa shape index (κ2) is 15.0. The van der Waals surface area contributed by atoms with Crippen molar-refractivity contribution < 1.29 is 9.59 Å². The first-order chi connectivity index (χ1) is 16.9. The van der Waals surface area contributed by atoms with Gasteiger partial charge in [-0.05, 0) is 62.1 Å². The third-order valence-corrected chi connectivity index (χ3v) is 7.92. The van der Waals surface area contributed by atoms with Gasteiger partial charge in [0.05, 0.1) is 10.0 Å². The van der Waals surface area contributed by atoms with Crippen molar-refractivity contribution in [1.29, 1.82) is 0 Å². The van der Waals surface area contributed by atoms with Crippen LogP contribution >= 0.6 is 48.0 Å². The molecule has 2 saturated heterocycles. The van der Waals surface area contributed by atoms with Crippen LogP contribution in [0.4, 0.5) is 4.79 Å². The molecule has 0 unspecified atom stereocenters. The molecule has 0 aromatic heterocycles. The number of nitrogens with zero attached hydrogens (tertiary/aromatic N) is 3. The van der Waals surface area contributed by atoms with E-state index < -0.39 is 0 Å². The van der Waals surface area contributed by atoms with Crippen LogP contribution in [0.2, 0.25) is 10.0 Å². The highest BCUT2D eigenvalue weighted by molar-refractivity contribution is 6.42. The van der Waals surface area contributed by atoms with E-state index >= 15 is 0 Å². The number of nitrogens with one attached hydrogen (secondary N) is 1. The molecule has 0 bridgehead atoms. The summed E-state index contributed by atoms with van der Waals surface area (Å²) in [6.45, 7) is 5.11. The Morgan fingerprint density at radius 2 is 1.76 bits per heavy atom. The van der Waals surface area contributed by atoms with Crippen molar-refractivity contribution in [3.8, 4) is 0 Å². The van der Waals surface area contributed by atoms with E-state index in [-0.39, 0.29) is 42.7 Å². The van der Waals surface area contributed by atoms with E-state index in [1.54, 1.807) is 4.90 Å². The van der Waals surface area contributed by atoms with Crippen LogP contribution in [-0.4, -0.2) is 79.0 Å². The Morgan fingerprint density at radius 1 is 1.05 bits per heavy atom. The maximum Gasteiger partial charge on any atom is 0.317 e. The molecule has 2 fully saturated rings. The van der Waals surface area contributed by atoms with E-state index in [1.807, 2.05) is 60.5 Å². The van der Waals surface area contributed by atoms with Gasteiger partial charge in [0, 0.05) is 57.3 Å². The average Bonchev–Trinajstić information content (AvgIpc) is 2.89. The highest BCUT2D eigenvalue weighted by Gasteiger charge is 2.30. The summed E-state index contributed by atoms with van der Waals surface area (Å²) in [5.41, 5.74) is 1.78. The molecule has 2 aliphatic rings. The fraction of sp³-hybridized carbons (Fsp3) is 0.481. The summed E-state index contributed by atoms with van der Waals surface area (Å²) in [6, 6.07) is 15.6. The molecule has 2 aliphatic heterocycles. The van der Waals surface area contributed by atoms with Crippen LogP contribution in [0.1, 0.15) is 47.5 Å². The van der Waals surface area contributed by atoms with Crippen LogP contribution < -0.4 is 5.32 Å². The van der Waals surface area contributed by atoms with Gasteiger partial charge in [-0.25, -0.2) is 4.79 Å². The fourth-order valence-electron chi connectivity index (χ4n) is 5.13. The summed E-state index contributed by atoms with van der Waals surface area (Å²) in [4.78, 5) is 31.5. The number of likely N-dealkylation sites (tertiary alicyclic amines) is 1. The summed E-state index contributed by atoms with van der Waals surface area (Å²) in [6.07, 6.45) is 3.92. The lowest BCUT2D eigenvalue weighted by molar-refractivity contribution is 0.0778. The predicted octanol–water partition coefficient (Wildman–Crippen LogP) is 5.96. The minimum atomic E-state index is 0. The van der Waals surface area contributed by atoms with Gasteiger partial charge < -0.3 is 20.0 Å². The zero-order valence-corrected chi connectivity index (χ0v) is 24.2. The lowest BCUT2D eigenvalue weighted by Crippen LogP contribution is -2.54. The first kappa shape index (κ1) is 31.5. The molecule has 3 amide bonds. The van der Waals surface area contributed by atoms with Gasteiger partial charge in [0.1, 0.15) is 0 Å². The standard InChI is InChI=1S/C27H34Cl2N4O2.2ClH/c1-31(26(34)20-6-3-2-4-7-20)19-22(21-8-9-24(28)25(29)18-21)10-15-32-16-11-23(12-17-32)33-14-5-13-30-27(33)35;;/h2-4,6-9,18,22-23H,5,10-17,19H2,1H3,(H,30,35);2*1H/t22-;;/m1../s1. The molecular weight excluding hydrogens is 554 g/mol. The zero-order valence-electron chi connectivity index (χ0n) is 21.1. The minimum Gasteiger partial charge on any atom is -0.341 e. The van der Waals surface area contributed by atoms with Crippen LogP contribution in [0.15, 0.2) is 48.5 Å². The number of piperidine rings is 1. The van der Waals surface area contributed by atoms with Gasteiger partial charge in [0.2, 0.25) is 0 Å². The molecule has 0 aliphatic carbocycles. The Morgan fingerprint density at radius 3 is 2.41 bits per heavy atom. The van der Waals surface area contributed by atoms with Gasteiger partial charge in [-0.2, -0.15) is 0 Å². The van der Waals surface area contributed by atoms with E-state index in [4.69, 9.17) is 23.2 Å². The minimum absolute atomic E-state index is 0. The molecule has 10 heteroatoms. The van der Waals surface area contributed by atoms with Crippen molar-refractivity contribution >= 4 is 60.0 Å². The van der Waals surface area contributed by atoms with Crippen molar-refractivity contribution in [1.82, 2.24) is 20.0 Å². The Labute approximate surface area is 242 Å². The molecule has 37 heavy (non-hydrogen) atoms. The van der Waals surface area contributed by atoms with Crippen molar-refractivity contribution in [2.75, 3.05) is 46.3 Å². The number of urea groups is 1. The average molecular weight is 590 g/mol. The highest BCUT2D eigenvalue weighted by atomic mass is 35.5. The van der Waals surface area contributed by atoms with Crippen molar-refractivity contribution in [3.05, 3.63) is 69.7 Å². The van der Waals surface area contributed by atoms with E-state index in [2.05, 4.69) is 10.2 Å². The molecule has 1 N–H and O–H groups in total. The van der Waals surface area contributed by atoms with Gasteiger partial charge in [-0.15, -0.1) is 24.8 Å². The zero-order chi connectivity index (χ0) is 24.8. The highest BCUT2D eigenvalue weighted by Crippen LogP contribution is 2.30. The number of benzene rings is 2. The third kappa shape index (κ3) is 8.39. The summed E-state index contributed by atoms with van der Waals surface area (Å²) >= 11 is 12.5. The molecule has 204 valence electrons. The number of rotatable bonds is 8. The molecule has 4 rings (SSSR count). The molecular formula is C27H36Cl4N4O2. The first-order valence-corrected chi connectivity index (χ1v) is 13.2. The molecule has 2 aromatic rings. The van der Waals surface area contributed by atoms with Gasteiger partial charge in [-0.3, -0.25) is 4.79 Å². The van der Waals surface area contributed by atoms with E-state index in [9.17, 15) is 9.59 Å². The number of hydrogen-bond acceptors (Lipinski definition) is 3. The Bertz CT molecular complexity index is 1020. The molecule has 2 aromatic carbocycles. The predicted molar refractivity (Wildman–Crippen MR) is 156 cm³/mol. The van der Waals surface area contributed by atoms with Crippen LogP contribution in [0.5, 0.6) is 0 Å². The maximum absolute atomic E-state index is 13.0. The number of carbonyl (C=O) groups excluding carboxylic acids is 2. The molecule has 2 heterocycles. The van der Waals surface area contributed by atoms with Crippen LogP contribution in [-0.2, 0) is 0 Å². The van der Waals surface area contributed by atoms with Crippen LogP contribution in [0, 0.1) is 0 Å². The fourth-order valence-corrected chi connectivity index (χ4v) is 5.44. The molecule has 0 saturated carbocycles. The van der Waals surface area contributed by atoms with Gasteiger partial charge in [0.15, 0.2) is 0 Å². The second-order valence-electron chi connectivity index (χ2n) is 9.56. The van der Waals surface area contributed by atoms with Gasteiger partial charge in [0.25, 0.3) is 5.91 Å². The topological polar surface area (TPSA) is 55.9 Å². The lowest BCUT2D eigenvalue weighted by atomic mass is 9.93. The second-order valence-corrected chi connectivity index (χ2v) is 10.4. The molecule has 0 radical (unpaired) electrons. The molecule has 1 atom stereocenters. The summed E-state index contributed by atoms with van der Waals surface area (Å²) in [5, 5.41) is 4.04. The normalized spacial score (nSPS) is 17.3. The Kier molecular flexibility index (Phi) is 12.8. The number of amides is 3. The smallest absolute Gasteiger partial charge is 0.317 e. The summed E-state index contributed by atoms with van der Waals surface area (Å²) in [7, 11) is 1.86. The number of carbonyl (C=O) groups is 2. The SMILES string of the molecule is CN(C[C@@H](CCN1CCC(N2CCCNC2=O)CC1)c1ccc(Cl)c(Cl)c1)C(=O)c1ccccc1.Cl.Cl. The van der Waals surface area contributed by atoms with Crippen LogP contribution in [0.3, 0.4) is 0 Å². The number of likely N-dealkylation sites (N-methyl/N-ethyl adjacent to an activating group) is 1. The molecule has 6 nitrogen and oxygen atoms in total. The summed E-state index contributed by atoms with van der Waals surface area (Å²) < 4.78 is 0.